The topological polar surface area (TPSA) is 50.4 Å². The number of aryl methyl sites for hydroxylation is 2. The Morgan fingerprint density at radius 3 is 2.52 bits per heavy atom. The van der Waals surface area contributed by atoms with Crippen molar-refractivity contribution in [3.05, 3.63) is 65.7 Å². The van der Waals surface area contributed by atoms with Crippen LogP contribution in [0.4, 0.5) is 4.79 Å². The Balaban J connectivity index is 1.60. The minimum absolute atomic E-state index is 0.168. The van der Waals surface area contributed by atoms with Crippen molar-refractivity contribution in [2.24, 2.45) is 0 Å². The van der Waals surface area contributed by atoms with Gasteiger partial charge < -0.3 is 15.4 Å². The molecular formula is C19H24N2O2. The van der Waals surface area contributed by atoms with Gasteiger partial charge in [0.05, 0.1) is 0 Å². The first-order valence-electron chi connectivity index (χ1n) is 8.06. The summed E-state index contributed by atoms with van der Waals surface area (Å²) in [5.74, 6) is 0.819. The van der Waals surface area contributed by atoms with E-state index in [-0.39, 0.29) is 12.8 Å². The molecule has 0 saturated heterocycles. The number of nitrogens with one attached hydrogen (secondary N) is 2. The Hall–Kier alpha value is -2.49. The molecule has 0 aromatic heterocycles. The summed E-state index contributed by atoms with van der Waals surface area (Å²) in [4.78, 5) is 11.7. The lowest BCUT2D eigenvalue weighted by Crippen LogP contribution is -2.38. The van der Waals surface area contributed by atoms with Gasteiger partial charge in [0.15, 0.2) is 6.73 Å². The smallest absolute Gasteiger partial charge is 0.317 e. The maximum absolute atomic E-state index is 11.7. The number of benzene rings is 2. The molecule has 23 heavy (non-hydrogen) atoms. The summed E-state index contributed by atoms with van der Waals surface area (Å²) in [6.45, 7) is 2.89. The fourth-order valence-electron chi connectivity index (χ4n) is 2.32. The Kier molecular flexibility index (Phi) is 6.98. The van der Waals surface area contributed by atoms with Gasteiger partial charge in [0.25, 0.3) is 0 Å². The third kappa shape index (κ3) is 6.02. The number of ether oxygens (including phenoxy) is 1. The second-order valence-electron chi connectivity index (χ2n) is 5.27. The van der Waals surface area contributed by atoms with Gasteiger partial charge in [-0.15, -0.1) is 0 Å². The summed E-state index contributed by atoms with van der Waals surface area (Å²) in [6, 6.07) is 17.9. The van der Waals surface area contributed by atoms with Crippen LogP contribution in [-0.2, 0) is 12.8 Å². The first kappa shape index (κ1) is 16.9. The molecule has 4 heteroatoms. The predicted molar refractivity (Wildman–Crippen MR) is 92.6 cm³/mol. The van der Waals surface area contributed by atoms with Gasteiger partial charge in [0, 0.05) is 6.54 Å². The molecule has 0 radical (unpaired) electrons. The van der Waals surface area contributed by atoms with Crippen molar-refractivity contribution in [3.8, 4) is 5.75 Å². The first-order chi connectivity index (χ1) is 11.3. The predicted octanol–water partition coefficient (Wildman–Crippen LogP) is 3.52. The van der Waals surface area contributed by atoms with Crippen LogP contribution in [0.2, 0.25) is 0 Å². The quantitative estimate of drug-likeness (QED) is 0.579. The van der Waals surface area contributed by atoms with Crippen LogP contribution in [0.15, 0.2) is 54.6 Å². The number of hydrogen-bond donors (Lipinski definition) is 2. The molecule has 0 aliphatic heterocycles. The van der Waals surface area contributed by atoms with E-state index in [0.29, 0.717) is 6.54 Å². The van der Waals surface area contributed by atoms with E-state index < -0.39 is 0 Å². The number of amides is 2. The fourth-order valence-corrected chi connectivity index (χ4v) is 2.32. The number of carbonyl (C=O) groups excluding carboxylic acids is 1. The van der Waals surface area contributed by atoms with Crippen molar-refractivity contribution in [2.75, 3.05) is 13.3 Å². The summed E-state index contributed by atoms with van der Waals surface area (Å²) in [5.41, 5.74) is 2.42. The van der Waals surface area contributed by atoms with Crippen LogP contribution >= 0.6 is 0 Å². The van der Waals surface area contributed by atoms with E-state index in [0.717, 1.165) is 30.6 Å². The zero-order valence-corrected chi connectivity index (χ0v) is 13.5. The minimum atomic E-state index is -0.202. The summed E-state index contributed by atoms with van der Waals surface area (Å²) < 4.78 is 5.60. The number of rotatable bonds is 8. The van der Waals surface area contributed by atoms with Crippen molar-refractivity contribution >= 4 is 6.03 Å². The van der Waals surface area contributed by atoms with E-state index in [1.54, 1.807) is 0 Å². The van der Waals surface area contributed by atoms with Crippen molar-refractivity contribution < 1.29 is 9.53 Å². The lowest BCUT2D eigenvalue weighted by molar-refractivity contribution is 0.223. The largest absolute Gasteiger partial charge is 0.473 e. The Labute approximate surface area is 137 Å². The molecule has 2 aromatic carbocycles. The summed E-state index contributed by atoms with van der Waals surface area (Å²) in [6.07, 6.45) is 2.78. The summed E-state index contributed by atoms with van der Waals surface area (Å²) in [7, 11) is 0. The Bertz CT molecular complexity index is 599. The van der Waals surface area contributed by atoms with Crippen LogP contribution in [0.1, 0.15) is 24.5 Å². The monoisotopic (exact) mass is 312 g/mol. The zero-order chi connectivity index (χ0) is 16.3. The first-order valence-corrected chi connectivity index (χ1v) is 8.06. The molecule has 2 rings (SSSR count). The second-order valence-corrected chi connectivity index (χ2v) is 5.27. The Morgan fingerprint density at radius 2 is 1.74 bits per heavy atom. The standard InChI is InChI=1S/C19H24N2O2/c1-2-17-12-6-7-13-18(17)23-15-21-19(22)20-14-8-11-16-9-4-3-5-10-16/h3-7,9-10,12-13H,2,8,11,14-15H2,1H3,(H2,20,21,22). The summed E-state index contributed by atoms with van der Waals surface area (Å²) in [5, 5.41) is 5.55. The molecule has 0 atom stereocenters. The van der Waals surface area contributed by atoms with Gasteiger partial charge in [-0.05, 0) is 36.5 Å². The molecule has 0 aliphatic carbocycles. The average Bonchev–Trinajstić information content (AvgIpc) is 2.60. The average molecular weight is 312 g/mol. The number of carbonyl (C=O) groups is 1. The fraction of sp³-hybridized carbons (Fsp3) is 0.316. The van der Waals surface area contributed by atoms with E-state index >= 15 is 0 Å². The lowest BCUT2D eigenvalue weighted by Gasteiger charge is -2.11. The maximum atomic E-state index is 11.7. The van der Waals surface area contributed by atoms with Crippen molar-refractivity contribution in [2.45, 2.75) is 26.2 Å². The highest BCUT2D eigenvalue weighted by Gasteiger charge is 2.02. The molecule has 0 fully saturated rings. The van der Waals surface area contributed by atoms with E-state index in [1.165, 1.54) is 5.56 Å². The molecular weight excluding hydrogens is 288 g/mol. The number of para-hydroxylation sites is 1. The van der Waals surface area contributed by atoms with Gasteiger partial charge in [0.2, 0.25) is 0 Å². The van der Waals surface area contributed by atoms with E-state index in [2.05, 4.69) is 29.7 Å². The van der Waals surface area contributed by atoms with Gasteiger partial charge in [-0.2, -0.15) is 0 Å². The minimum Gasteiger partial charge on any atom is -0.473 e. The molecule has 2 N–H and O–H groups in total. The van der Waals surface area contributed by atoms with Gasteiger partial charge in [-0.25, -0.2) is 4.79 Å². The van der Waals surface area contributed by atoms with Crippen LogP contribution in [0, 0.1) is 0 Å². The number of hydrogen-bond acceptors (Lipinski definition) is 2. The third-order valence-corrected chi connectivity index (χ3v) is 3.58. The highest BCUT2D eigenvalue weighted by atomic mass is 16.5. The summed E-state index contributed by atoms with van der Waals surface area (Å²) >= 11 is 0. The molecule has 0 heterocycles. The molecule has 0 saturated carbocycles. The number of urea groups is 1. The van der Waals surface area contributed by atoms with Gasteiger partial charge in [-0.1, -0.05) is 55.5 Å². The lowest BCUT2D eigenvalue weighted by atomic mass is 10.1. The normalized spacial score (nSPS) is 10.1. The molecule has 4 nitrogen and oxygen atoms in total. The maximum Gasteiger partial charge on any atom is 0.317 e. The van der Waals surface area contributed by atoms with E-state index in [9.17, 15) is 4.79 Å². The third-order valence-electron chi connectivity index (χ3n) is 3.58. The zero-order valence-electron chi connectivity index (χ0n) is 13.5. The highest BCUT2D eigenvalue weighted by molar-refractivity contribution is 5.73. The van der Waals surface area contributed by atoms with Crippen molar-refractivity contribution in [1.82, 2.24) is 10.6 Å². The molecule has 2 aromatic rings. The molecule has 0 unspecified atom stereocenters. The SMILES string of the molecule is CCc1ccccc1OCNC(=O)NCCCc1ccccc1. The van der Waals surface area contributed by atoms with Crippen LogP contribution in [0.3, 0.4) is 0 Å². The van der Waals surface area contributed by atoms with Crippen LogP contribution in [0.25, 0.3) is 0 Å². The van der Waals surface area contributed by atoms with Gasteiger partial charge in [-0.3, -0.25) is 0 Å². The van der Waals surface area contributed by atoms with Gasteiger partial charge >= 0.3 is 6.03 Å². The molecule has 0 spiro atoms. The molecule has 0 aliphatic rings. The van der Waals surface area contributed by atoms with Crippen molar-refractivity contribution in [1.29, 1.82) is 0 Å². The van der Waals surface area contributed by atoms with Crippen molar-refractivity contribution in [3.63, 3.8) is 0 Å². The van der Waals surface area contributed by atoms with E-state index in [4.69, 9.17) is 4.74 Å². The molecule has 0 bridgehead atoms. The van der Waals surface area contributed by atoms with Crippen LogP contribution in [0.5, 0.6) is 5.75 Å². The van der Waals surface area contributed by atoms with Gasteiger partial charge in [0.1, 0.15) is 5.75 Å². The Morgan fingerprint density at radius 1 is 1.00 bits per heavy atom. The molecule has 2 amide bonds. The van der Waals surface area contributed by atoms with Crippen LogP contribution < -0.4 is 15.4 Å². The molecule has 122 valence electrons. The van der Waals surface area contributed by atoms with Crippen LogP contribution in [-0.4, -0.2) is 19.3 Å². The van der Waals surface area contributed by atoms with E-state index in [1.807, 2.05) is 42.5 Å². The highest BCUT2D eigenvalue weighted by Crippen LogP contribution is 2.17. The second kappa shape index (κ2) is 9.51.